The minimum Gasteiger partial charge on any atom is -0.326 e. The minimum atomic E-state index is -2.95. The predicted molar refractivity (Wildman–Crippen MR) is 42.2 cm³/mol. The number of rotatable bonds is 0. The minimum absolute atomic E-state index is 0.0127. The van der Waals surface area contributed by atoms with Crippen LogP contribution in [-0.4, -0.2) is 32.0 Å². The standard InChI is InChI=1S/C4H10N2O2S2/c5-3-1-9-10(7,8)2-4(3)6/h3-4H,1-2,5-6H2/t3-,4+/m1/s1. The summed E-state index contributed by atoms with van der Waals surface area (Å²) in [4.78, 5) is 0. The third kappa shape index (κ3) is 1.85. The van der Waals surface area contributed by atoms with Crippen LogP contribution in [0.1, 0.15) is 0 Å². The van der Waals surface area contributed by atoms with Crippen LogP contribution in [-0.2, 0) is 8.87 Å². The molecule has 0 bridgehead atoms. The van der Waals surface area contributed by atoms with E-state index in [1.165, 1.54) is 0 Å². The largest absolute Gasteiger partial charge is 0.326 e. The highest BCUT2D eigenvalue weighted by molar-refractivity contribution is 8.72. The normalized spacial score (nSPS) is 39.4. The molecule has 0 aliphatic carbocycles. The summed E-state index contributed by atoms with van der Waals surface area (Å²) in [5.41, 5.74) is 10.9. The summed E-state index contributed by atoms with van der Waals surface area (Å²) in [6, 6.07) is -0.556. The molecule has 0 amide bonds. The summed E-state index contributed by atoms with van der Waals surface area (Å²) in [5, 5.41) is 0. The molecule has 0 aromatic carbocycles. The van der Waals surface area contributed by atoms with Crippen molar-refractivity contribution in [1.29, 1.82) is 0 Å². The van der Waals surface area contributed by atoms with Crippen LogP contribution in [0.15, 0.2) is 0 Å². The van der Waals surface area contributed by atoms with Crippen molar-refractivity contribution in [3.05, 3.63) is 0 Å². The Morgan fingerprint density at radius 3 is 2.30 bits per heavy atom. The van der Waals surface area contributed by atoms with Gasteiger partial charge in [0.2, 0.25) is 8.87 Å². The Labute approximate surface area is 63.7 Å². The monoisotopic (exact) mass is 182 g/mol. The average molecular weight is 182 g/mol. The second kappa shape index (κ2) is 2.69. The molecule has 1 saturated heterocycles. The molecule has 1 aliphatic rings. The molecule has 60 valence electrons. The first kappa shape index (κ1) is 8.32. The summed E-state index contributed by atoms with van der Waals surface area (Å²) in [7, 11) is -2.05. The quantitative estimate of drug-likeness (QED) is 0.456. The van der Waals surface area contributed by atoms with Gasteiger partial charge in [0.05, 0.1) is 5.75 Å². The van der Waals surface area contributed by atoms with Gasteiger partial charge < -0.3 is 11.5 Å². The number of nitrogens with two attached hydrogens (primary N) is 2. The van der Waals surface area contributed by atoms with Crippen LogP contribution in [0.5, 0.6) is 0 Å². The van der Waals surface area contributed by atoms with Crippen molar-refractivity contribution in [2.24, 2.45) is 11.5 Å². The fraction of sp³-hybridized carbons (Fsp3) is 1.00. The van der Waals surface area contributed by atoms with E-state index in [1.807, 2.05) is 0 Å². The average Bonchev–Trinajstić information content (AvgIpc) is 1.79. The predicted octanol–water partition coefficient (Wildman–Crippen LogP) is -1.28. The van der Waals surface area contributed by atoms with Crippen LogP contribution in [0.4, 0.5) is 0 Å². The van der Waals surface area contributed by atoms with Gasteiger partial charge in [-0.3, -0.25) is 0 Å². The zero-order valence-corrected chi connectivity index (χ0v) is 6.99. The van der Waals surface area contributed by atoms with Crippen LogP contribution in [0, 0.1) is 0 Å². The van der Waals surface area contributed by atoms with Gasteiger partial charge in [0.25, 0.3) is 0 Å². The van der Waals surface area contributed by atoms with Gasteiger partial charge in [-0.2, -0.15) is 0 Å². The maximum Gasteiger partial charge on any atom is 0.203 e. The molecule has 0 radical (unpaired) electrons. The van der Waals surface area contributed by atoms with E-state index in [4.69, 9.17) is 11.5 Å². The van der Waals surface area contributed by atoms with Crippen LogP contribution in [0.2, 0.25) is 0 Å². The Morgan fingerprint density at radius 2 is 1.90 bits per heavy atom. The van der Waals surface area contributed by atoms with Gasteiger partial charge in [-0.25, -0.2) is 8.42 Å². The van der Waals surface area contributed by atoms with E-state index in [9.17, 15) is 8.42 Å². The third-order valence-electron chi connectivity index (χ3n) is 1.39. The molecule has 4 N–H and O–H groups in total. The molecule has 10 heavy (non-hydrogen) atoms. The second-order valence-electron chi connectivity index (χ2n) is 2.34. The first-order valence-corrected chi connectivity index (χ1v) is 6.05. The molecule has 0 saturated carbocycles. The van der Waals surface area contributed by atoms with Crippen molar-refractivity contribution in [3.63, 3.8) is 0 Å². The topological polar surface area (TPSA) is 86.2 Å². The first-order valence-electron chi connectivity index (χ1n) is 2.89. The molecule has 4 nitrogen and oxygen atoms in total. The van der Waals surface area contributed by atoms with E-state index in [0.29, 0.717) is 5.75 Å². The molecule has 0 unspecified atom stereocenters. The highest BCUT2D eigenvalue weighted by atomic mass is 33.1. The van der Waals surface area contributed by atoms with E-state index in [0.717, 1.165) is 10.8 Å². The van der Waals surface area contributed by atoms with E-state index in [1.54, 1.807) is 0 Å². The van der Waals surface area contributed by atoms with Crippen molar-refractivity contribution in [2.45, 2.75) is 12.1 Å². The lowest BCUT2D eigenvalue weighted by Crippen LogP contribution is -2.50. The molecular weight excluding hydrogens is 172 g/mol. The Morgan fingerprint density at radius 1 is 1.30 bits per heavy atom. The maximum atomic E-state index is 10.8. The van der Waals surface area contributed by atoms with Crippen molar-refractivity contribution in [2.75, 3.05) is 11.5 Å². The van der Waals surface area contributed by atoms with Gasteiger partial charge >= 0.3 is 0 Å². The summed E-state index contributed by atoms with van der Waals surface area (Å²) < 4.78 is 21.7. The van der Waals surface area contributed by atoms with Gasteiger partial charge in [0.15, 0.2) is 0 Å². The molecule has 6 heteroatoms. The summed E-state index contributed by atoms with van der Waals surface area (Å²) in [6.07, 6.45) is 0. The highest BCUT2D eigenvalue weighted by Gasteiger charge is 2.28. The smallest absolute Gasteiger partial charge is 0.203 e. The van der Waals surface area contributed by atoms with E-state index in [2.05, 4.69) is 0 Å². The van der Waals surface area contributed by atoms with Crippen molar-refractivity contribution < 1.29 is 8.42 Å². The molecule has 1 aliphatic heterocycles. The number of hydrogen-bond donors (Lipinski definition) is 2. The zero-order valence-electron chi connectivity index (χ0n) is 5.36. The van der Waals surface area contributed by atoms with E-state index >= 15 is 0 Å². The highest BCUT2D eigenvalue weighted by Crippen LogP contribution is 2.20. The SMILES string of the molecule is N[C@@H]1CSS(=O)(=O)C[C@@H]1N. The Kier molecular flexibility index (Phi) is 2.24. The first-order chi connectivity index (χ1) is 4.51. The van der Waals surface area contributed by atoms with Crippen molar-refractivity contribution in [3.8, 4) is 0 Å². The van der Waals surface area contributed by atoms with E-state index in [-0.39, 0.29) is 17.8 Å². The number of hydrogen-bond acceptors (Lipinski definition) is 5. The lowest BCUT2D eigenvalue weighted by molar-refractivity contribution is 0.569. The Hall–Kier alpha value is 0.220. The molecule has 0 aromatic rings. The Balaban J connectivity index is 2.66. The molecule has 1 heterocycles. The second-order valence-corrected chi connectivity index (χ2v) is 6.59. The van der Waals surface area contributed by atoms with Crippen molar-refractivity contribution in [1.82, 2.24) is 0 Å². The Bertz CT molecular complexity index is 213. The summed E-state index contributed by atoms with van der Waals surface area (Å²) >= 11 is 0. The van der Waals surface area contributed by atoms with Crippen LogP contribution in [0.3, 0.4) is 0 Å². The third-order valence-corrected chi connectivity index (χ3v) is 4.95. The summed E-state index contributed by atoms with van der Waals surface area (Å²) in [5.74, 6) is 0.433. The molecular formula is C4H10N2O2S2. The molecule has 2 atom stereocenters. The van der Waals surface area contributed by atoms with Gasteiger partial charge in [-0.15, -0.1) is 0 Å². The van der Waals surface area contributed by atoms with E-state index < -0.39 is 8.87 Å². The zero-order chi connectivity index (χ0) is 7.78. The lowest BCUT2D eigenvalue weighted by atomic mass is 10.2. The summed E-state index contributed by atoms with van der Waals surface area (Å²) in [6.45, 7) is 0. The molecule has 0 spiro atoms. The van der Waals surface area contributed by atoms with Gasteiger partial charge in [0.1, 0.15) is 0 Å². The molecule has 0 aromatic heterocycles. The van der Waals surface area contributed by atoms with Crippen molar-refractivity contribution >= 4 is 19.7 Å². The maximum absolute atomic E-state index is 10.8. The fourth-order valence-corrected chi connectivity index (χ4v) is 3.99. The molecule has 1 rings (SSSR count). The van der Waals surface area contributed by atoms with Crippen LogP contribution in [0.25, 0.3) is 0 Å². The molecule has 1 fully saturated rings. The van der Waals surface area contributed by atoms with Crippen LogP contribution < -0.4 is 11.5 Å². The van der Waals surface area contributed by atoms with Crippen LogP contribution >= 0.6 is 10.8 Å². The van der Waals surface area contributed by atoms with Gasteiger partial charge in [-0.05, 0) is 10.8 Å². The van der Waals surface area contributed by atoms with Gasteiger partial charge in [0, 0.05) is 17.8 Å². The fourth-order valence-electron chi connectivity index (χ4n) is 0.713. The van der Waals surface area contributed by atoms with Gasteiger partial charge in [-0.1, -0.05) is 0 Å². The lowest BCUT2D eigenvalue weighted by Gasteiger charge is -2.23.